The first-order chi connectivity index (χ1) is 40.6. The van der Waals surface area contributed by atoms with Crippen LogP contribution in [0.2, 0.25) is 0 Å². The Kier molecular flexibility index (Phi) is 52.4. The molecular weight excluding hydrogens is 1040 g/mol. The molecule has 0 aromatic carbocycles. The standard InChI is InChI=1S/C71H112O12/c1-4-7-10-13-16-19-22-25-28-30-32-34-37-39-42-45-48-51-54-57-63(72)79-60-62(81-64(73)58-55-52-49-46-43-40-36-27-24-21-18-15-12-9-6-3)61-80-71-69(67(76)66(75)68(83-71)70(77)78)82-65(74)59-56-53-50-47-44-41-38-35-33-31-29-26-23-20-17-14-11-8-5-2/h7-8,10-11,16-17,19-20,25-26,28-29,32-35,39,41-42,44,48,51,62,66-69,71,75-76H,4-6,9,12-15,18,21-24,27,30-31,36-38,40,43,45-47,49-50,52-61H2,1-3H3,(H,77,78)/b10-7-,11-8-,19-16-,20-17-,28-25-,29-26-,34-32-,35-33-,42-39-,44-41-,51-48-. The molecule has 0 amide bonds. The number of carbonyl (C=O) groups excluding carboxylic acids is 3. The van der Waals surface area contributed by atoms with Crippen LogP contribution in [0.25, 0.3) is 0 Å². The normalized spacial score (nSPS) is 18.5. The average Bonchev–Trinajstić information content (AvgIpc) is 3.57. The van der Waals surface area contributed by atoms with Gasteiger partial charge in [0.2, 0.25) is 0 Å². The van der Waals surface area contributed by atoms with Gasteiger partial charge in [0.15, 0.2) is 24.6 Å². The number of aliphatic hydroxyl groups is 2. The summed E-state index contributed by atoms with van der Waals surface area (Å²) in [6.07, 6.45) is 68.5. The molecule has 0 aromatic rings. The van der Waals surface area contributed by atoms with Crippen LogP contribution in [0.3, 0.4) is 0 Å². The average molecular weight is 1160 g/mol. The van der Waals surface area contributed by atoms with E-state index in [1.165, 1.54) is 70.6 Å². The van der Waals surface area contributed by atoms with Crippen molar-refractivity contribution < 1.29 is 58.2 Å². The van der Waals surface area contributed by atoms with Crippen LogP contribution < -0.4 is 0 Å². The lowest BCUT2D eigenvalue weighted by Crippen LogP contribution is -2.61. The van der Waals surface area contributed by atoms with E-state index in [1.54, 1.807) is 0 Å². The second kappa shape index (κ2) is 57.3. The Bertz CT molecular complexity index is 1950. The van der Waals surface area contributed by atoms with E-state index in [2.05, 4.69) is 142 Å². The highest BCUT2D eigenvalue weighted by Crippen LogP contribution is 2.26. The molecule has 12 heteroatoms. The highest BCUT2D eigenvalue weighted by molar-refractivity contribution is 5.74. The van der Waals surface area contributed by atoms with E-state index in [-0.39, 0.29) is 25.9 Å². The lowest BCUT2D eigenvalue weighted by atomic mass is 9.98. The molecule has 12 nitrogen and oxygen atoms in total. The summed E-state index contributed by atoms with van der Waals surface area (Å²) in [5.41, 5.74) is 0. The number of esters is 3. The maximum atomic E-state index is 13.2. The first-order valence-electron chi connectivity index (χ1n) is 32.2. The second-order valence-corrected chi connectivity index (χ2v) is 21.3. The van der Waals surface area contributed by atoms with Gasteiger partial charge in [-0.25, -0.2) is 4.79 Å². The zero-order valence-electron chi connectivity index (χ0n) is 51.6. The molecule has 468 valence electrons. The molecule has 0 saturated carbocycles. The molecule has 0 radical (unpaired) electrons. The van der Waals surface area contributed by atoms with Crippen molar-refractivity contribution in [1.82, 2.24) is 0 Å². The fourth-order valence-electron chi connectivity index (χ4n) is 8.89. The zero-order chi connectivity index (χ0) is 60.3. The van der Waals surface area contributed by atoms with Crippen LogP contribution in [-0.2, 0) is 42.9 Å². The van der Waals surface area contributed by atoms with Crippen LogP contribution in [0.4, 0.5) is 0 Å². The van der Waals surface area contributed by atoms with Gasteiger partial charge in [-0.05, 0) is 103 Å². The Morgan fingerprint density at radius 3 is 1.20 bits per heavy atom. The van der Waals surface area contributed by atoms with Gasteiger partial charge in [0.25, 0.3) is 0 Å². The fourth-order valence-corrected chi connectivity index (χ4v) is 8.89. The van der Waals surface area contributed by atoms with Crippen LogP contribution in [0, 0.1) is 0 Å². The number of hydrogen-bond donors (Lipinski definition) is 3. The molecule has 1 fully saturated rings. The minimum absolute atomic E-state index is 0.00806. The number of carboxylic acid groups (broad SMARTS) is 1. The first kappa shape index (κ1) is 75.9. The summed E-state index contributed by atoms with van der Waals surface area (Å²) in [5.74, 6) is -3.28. The van der Waals surface area contributed by atoms with Crippen molar-refractivity contribution in [2.45, 2.75) is 276 Å². The van der Waals surface area contributed by atoms with Gasteiger partial charge in [0, 0.05) is 19.3 Å². The topological polar surface area (TPSA) is 175 Å². The van der Waals surface area contributed by atoms with Crippen LogP contribution in [-0.4, -0.2) is 89.2 Å². The third-order valence-electron chi connectivity index (χ3n) is 13.7. The van der Waals surface area contributed by atoms with E-state index in [4.69, 9.17) is 23.7 Å². The molecule has 1 aliphatic rings. The molecule has 0 bridgehead atoms. The molecule has 6 atom stereocenters. The summed E-state index contributed by atoms with van der Waals surface area (Å²) >= 11 is 0. The minimum Gasteiger partial charge on any atom is -0.479 e. The van der Waals surface area contributed by atoms with Gasteiger partial charge >= 0.3 is 23.9 Å². The summed E-state index contributed by atoms with van der Waals surface area (Å²) in [6, 6.07) is 0. The van der Waals surface area contributed by atoms with Crippen molar-refractivity contribution in [3.8, 4) is 0 Å². The minimum atomic E-state index is -1.93. The predicted molar refractivity (Wildman–Crippen MR) is 340 cm³/mol. The molecule has 1 heterocycles. The molecule has 0 aliphatic carbocycles. The molecule has 0 spiro atoms. The van der Waals surface area contributed by atoms with Gasteiger partial charge in [0.1, 0.15) is 18.8 Å². The summed E-state index contributed by atoms with van der Waals surface area (Å²) in [4.78, 5) is 51.3. The molecule has 3 N–H and O–H groups in total. The third-order valence-corrected chi connectivity index (χ3v) is 13.7. The van der Waals surface area contributed by atoms with E-state index in [0.29, 0.717) is 19.3 Å². The molecule has 0 aromatic heterocycles. The molecule has 1 saturated heterocycles. The van der Waals surface area contributed by atoms with Crippen molar-refractivity contribution in [2.24, 2.45) is 0 Å². The third kappa shape index (κ3) is 46.9. The van der Waals surface area contributed by atoms with E-state index < -0.39 is 67.3 Å². The smallest absolute Gasteiger partial charge is 0.335 e. The molecule has 1 rings (SSSR count). The van der Waals surface area contributed by atoms with Gasteiger partial charge in [-0.15, -0.1) is 0 Å². The van der Waals surface area contributed by atoms with Crippen LogP contribution in [0.15, 0.2) is 134 Å². The molecule has 83 heavy (non-hydrogen) atoms. The summed E-state index contributed by atoms with van der Waals surface area (Å²) in [6.45, 7) is 5.70. The number of carboxylic acids is 1. The highest BCUT2D eigenvalue weighted by atomic mass is 16.7. The second-order valence-electron chi connectivity index (χ2n) is 21.3. The van der Waals surface area contributed by atoms with Crippen molar-refractivity contribution in [1.29, 1.82) is 0 Å². The predicted octanol–water partition coefficient (Wildman–Crippen LogP) is 17.3. The zero-order valence-corrected chi connectivity index (χ0v) is 51.6. The van der Waals surface area contributed by atoms with Gasteiger partial charge in [-0.3, -0.25) is 14.4 Å². The van der Waals surface area contributed by atoms with E-state index in [0.717, 1.165) is 109 Å². The number of aliphatic carboxylic acids is 1. The Morgan fingerprint density at radius 1 is 0.410 bits per heavy atom. The SMILES string of the molecule is CC/C=C\C/C=C\C/C=C\C/C=C\C/C=C\C/C=C\CCC(=O)OCC(COC1OC(C(=O)O)C(O)C(O)C1OC(=O)CCCCC/C=C\C/C=C\C/C=C\C/C=C\C/C=C\CC)OC(=O)CCCCCCCCCCCCCCCCC. The van der Waals surface area contributed by atoms with E-state index in [9.17, 15) is 34.5 Å². The Balaban J connectivity index is 2.74. The molecular formula is C71H112O12. The van der Waals surface area contributed by atoms with Crippen LogP contribution in [0.5, 0.6) is 0 Å². The van der Waals surface area contributed by atoms with E-state index >= 15 is 0 Å². The maximum Gasteiger partial charge on any atom is 0.335 e. The molecule has 6 unspecified atom stereocenters. The number of hydrogen-bond acceptors (Lipinski definition) is 11. The van der Waals surface area contributed by atoms with Crippen molar-refractivity contribution in [3.63, 3.8) is 0 Å². The van der Waals surface area contributed by atoms with Crippen molar-refractivity contribution >= 4 is 23.9 Å². The lowest BCUT2D eigenvalue weighted by Gasteiger charge is -2.40. The van der Waals surface area contributed by atoms with Crippen LogP contribution >= 0.6 is 0 Å². The number of ether oxygens (including phenoxy) is 5. The quantitative estimate of drug-likeness (QED) is 0.0228. The van der Waals surface area contributed by atoms with Gasteiger partial charge in [0.05, 0.1) is 6.61 Å². The first-order valence-corrected chi connectivity index (χ1v) is 32.2. The Labute approximate surface area is 502 Å². The lowest BCUT2D eigenvalue weighted by molar-refractivity contribution is -0.301. The number of carbonyl (C=O) groups is 4. The van der Waals surface area contributed by atoms with Crippen molar-refractivity contribution in [3.05, 3.63) is 134 Å². The monoisotopic (exact) mass is 1160 g/mol. The van der Waals surface area contributed by atoms with Gasteiger partial charge < -0.3 is 39.0 Å². The largest absolute Gasteiger partial charge is 0.479 e. The fraction of sp³-hybridized carbons (Fsp3) is 0.634. The Hall–Kier alpha value is -5.14. The number of unbranched alkanes of at least 4 members (excludes halogenated alkanes) is 17. The van der Waals surface area contributed by atoms with Gasteiger partial charge in [-0.2, -0.15) is 0 Å². The number of rotatable bonds is 53. The maximum absolute atomic E-state index is 13.2. The Morgan fingerprint density at radius 2 is 0.783 bits per heavy atom. The molecule has 1 aliphatic heterocycles. The summed E-state index contributed by atoms with van der Waals surface area (Å²) in [5, 5.41) is 31.6. The highest BCUT2D eigenvalue weighted by Gasteiger charge is 2.50. The van der Waals surface area contributed by atoms with Crippen LogP contribution in [0.1, 0.15) is 239 Å². The van der Waals surface area contributed by atoms with E-state index in [1.807, 2.05) is 12.2 Å². The van der Waals surface area contributed by atoms with Crippen molar-refractivity contribution in [2.75, 3.05) is 13.2 Å². The number of allylic oxidation sites excluding steroid dienone is 22. The number of aliphatic hydroxyl groups excluding tert-OH is 2. The summed E-state index contributed by atoms with van der Waals surface area (Å²) in [7, 11) is 0. The summed E-state index contributed by atoms with van der Waals surface area (Å²) < 4.78 is 28.4. The van der Waals surface area contributed by atoms with Gasteiger partial charge in [-0.1, -0.05) is 251 Å².